The highest BCUT2D eigenvalue weighted by atomic mass is 32.2. The van der Waals surface area contributed by atoms with Crippen molar-refractivity contribution in [3.05, 3.63) is 60.6 Å². The minimum Gasteiger partial charge on any atom is -0.382 e. The Bertz CT molecular complexity index is 1610. The van der Waals surface area contributed by atoms with E-state index >= 15 is 0 Å². The van der Waals surface area contributed by atoms with Crippen molar-refractivity contribution in [1.29, 1.82) is 0 Å². The van der Waals surface area contributed by atoms with E-state index in [2.05, 4.69) is 32.4 Å². The van der Waals surface area contributed by atoms with Crippen LogP contribution in [0.3, 0.4) is 0 Å². The molecule has 192 valence electrons. The lowest BCUT2D eigenvalue weighted by Crippen LogP contribution is -2.32. The summed E-state index contributed by atoms with van der Waals surface area (Å²) >= 11 is 0. The van der Waals surface area contributed by atoms with Crippen molar-refractivity contribution >= 4 is 43.1 Å². The van der Waals surface area contributed by atoms with Gasteiger partial charge in [-0.25, -0.2) is 8.42 Å². The molecule has 1 aliphatic heterocycles. The zero-order valence-corrected chi connectivity index (χ0v) is 20.5. The van der Waals surface area contributed by atoms with Crippen molar-refractivity contribution in [1.82, 2.24) is 14.5 Å². The summed E-state index contributed by atoms with van der Waals surface area (Å²) in [5.74, 6) is 6.01. The molecule has 1 fully saturated rings. The molecule has 1 saturated heterocycles. The second-order valence-electron chi connectivity index (χ2n) is 8.95. The Kier molecular flexibility index (Phi) is 6.69. The van der Waals surface area contributed by atoms with Gasteiger partial charge in [-0.05, 0) is 55.2 Å². The minimum atomic E-state index is -4.42. The average Bonchev–Trinajstić information content (AvgIpc) is 3.20. The fourth-order valence-corrected chi connectivity index (χ4v) is 5.96. The molecule has 2 aromatic carbocycles. The van der Waals surface area contributed by atoms with Gasteiger partial charge in [-0.2, -0.15) is 13.2 Å². The van der Waals surface area contributed by atoms with Crippen LogP contribution in [0.15, 0.2) is 54.9 Å². The monoisotopic (exact) mass is 527 g/mol. The van der Waals surface area contributed by atoms with Gasteiger partial charge in [-0.1, -0.05) is 12.0 Å². The van der Waals surface area contributed by atoms with Crippen molar-refractivity contribution in [3.8, 4) is 11.8 Å². The predicted octanol–water partition coefficient (Wildman–Crippen LogP) is 4.60. The second kappa shape index (κ2) is 9.94. The number of sulfone groups is 1. The molecule has 0 atom stereocenters. The number of nitrogens with zero attached hydrogens (tertiary/aromatic N) is 3. The molecule has 7 nitrogen and oxygen atoms in total. The van der Waals surface area contributed by atoms with E-state index in [0.717, 1.165) is 16.7 Å². The summed E-state index contributed by atoms with van der Waals surface area (Å²) < 4.78 is 65.0. The number of alkyl halides is 3. The maximum absolute atomic E-state index is 13.4. The minimum absolute atomic E-state index is 0.0644. The fourth-order valence-electron chi connectivity index (χ4n) is 4.47. The van der Waals surface area contributed by atoms with Crippen LogP contribution in [0.4, 0.5) is 24.5 Å². The summed E-state index contributed by atoms with van der Waals surface area (Å²) in [4.78, 5) is 8.48. The Labute approximate surface area is 212 Å². The smallest absolute Gasteiger partial charge is 0.382 e. The van der Waals surface area contributed by atoms with Crippen molar-refractivity contribution in [3.63, 3.8) is 0 Å². The third kappa shape index (κ3) is 5.97. The number of nitrogens with one attached hydrogen (secondary N) is 2. The third-order valence-electron chi connectivity index (χ3n) is 6.26. The second-order valence-corrected chi connectivity index (χ2v) is 11.3. The van der Waals surface area contributed by atoms with E-state index in [9.17, 15) is 21.6 Å². The summed E-state index contributed by atoms with van der Waals surface area (Å²) in [5, 5.41) is 7.10. The Hall–Kier alpha value is -3.78. The molecule has 0 aliphatic carbocycles. The van der Waals surface area contributed by atoms with E-state index in [-0.39, 0.29) is 29.8 Å². The summed E-state index contributed by atoms with van der Waals surface area (Å²) in [5.41, 5.74) is 3.59. The largest absolute Gasteiger partial charge is 0.406 e. The highest BCUT2D eigenvalue weighted by Gasteiger charge is 2.30. The van der Waals surface area contributed by atoms with Gasteiger partial charge < -0.3 is 15.2 Å². The first-order chi connectivity index (χ1) is 17.7. The Balaban J connectivity index is 1.39. The van der Waals surface area contributed by atoms with E-state index in [0.29, 0.717) is 29.4 Å². The standard InChI is InChI=1S/C26H24F3N5O2S/c27-26(28,29)17-34-20(3-2-10-30-19-6-7-23-24(15-19)32-12-11-31-23)16-21-22(4-1-5-25(21)34)33-18-8-13-37(35,36)14-9-18/h1,4-7,11-12,15-16,18,30,33H,8-10,13-14,17H2. The van der Waals surface area contributed by atoms with Crippen LogP contribution in [0.25, 0.3) is 21.9 Å². The number of anilines is 2. The van der Waals surface area contributed by atoms with E-state index < -0.39 is 22.6 Å². The Morgan fingerprint density at radius 3 is 2.54 bits per heavy atom. The number of benzene rings is 2. The topological polar surface area (TPSA) is 88.9 Å². The highest BCUT2D eigenvalue weighted by molar-refractivity contribution is 7.91. The van der Waals surface area contributed by atoms with Crippen LogP contribution in [0.5, 0.6) is 0 Å². The molecule has 37 heavy (non-hydrogen) atoms. The molecule has 0 saturated carbocycles. The molecular formula is C26H24F3N5O2S. The quantitative estimate of drug-likeness (QED) is 0.369. The zero-order valence-electron chi connectivity index (χ0n) is 19.7. The lowest BCUT2D eigenvalue weighted by Gasteiger charge is -2.24. The third-order valence-corrected chi connectivity index (χ3v) is 7.98. The number of hydrogen-bond donors (Lipinski definition) is 2. The van der Waals surface area contributed by atoms with Crippen LogP contribution in [0, 0.1) is 11.8 Å². The molecule has 2 N–H and O–H groups in total. The summed E-state index contributed by atoms with van der Waals surface area (Å²) in [7, 11) is -3.02. The molecule has 0 bridgehead atoms. The maximum atomic E-state index is 13.4. The van der Waals surface area contributed by atoms with Crippen LogP contribution < -0.4 is 10.6 Å². The lowest BCUT2D eigenvalue weighted by atomic mass is 10.1. The highest BCUT2D eigenvalue weighted by Crippen LogP contribution is 2.31. The van der Waals surface area contributed by atoms with Crippen LogP contribution in [-0.4, -0.2) is 53.2 Å². The first kappa shape index (κ1) is 24.9. The normalized spacial score (nSPS) is 15.9. The molecule has 4 aromatic rings. The van der Waals surface area contributed by atoms with Crippen LogP contribution in [0.2, 0.25) is 0 Å². The predicted molar refractivity (Wildman–Crippen MR) is 138 cm³/mol. The molecule has 0 spiro atoms. The first-order valence-corrected chi connectivity index (χ1v) is 13.6. The zero-order chi connectivity index (χ0) is 26.0. The van der Waals surface area contributed by atoms with Crippen LogP contribution >= 0.6 is 0 Å². The summed E-state index contributed by atoms with van der Waals surface area (Å²) in [6.07, 6.45) is -0.290. The van der Waals surface area contributed by atoms with Crippen molar-refractivity contribution in [2.24, 2.45) is 0 Å². The van der Waals surface area contributed by atoms with E-state index in [1.165, 1.54) is 4.57 Å². The van der Waals surface area contributed by atoms with Gasteiger partial charge in [0.05, 0.1) is 40.3 Å². The van der Waals surface area contributed by atoms with Gasteiger partial charge in [-0.15, -0.1) is 0 Å². The van der Waals surface area contributed by atoms with Gasteiger partial charge in [0.25, 0.3) is 0 Å². The Morgan fingerprint density at radius 1 is 1.03 bits per heavy atom. The number of hydrogen-bond acceptors (Lipinski definition) is 6. The van der Waals surface area contributed by atoms with Gasteiger partial charge in [0.1, 0.15) is 16.4 Å². The summed E-state index contributed by atoms with van der Waals surface area (Å²) in [6, 6.07) is 12.2. The number of halogens is 3. The molecule has 2 aromatic heterocycles. The van der Waals surface area contributed by atoms with Crippen molar-refractivity contribution < 1.29 is 21.6 Å². The molecule has 1 aliphatic rings. The summed E-state index contributed by atoms with van der Waals surface area (Å²) in [6.45, 7) is -0.941. The molecule has 0 radical (unpaired) electrons. The maximum Gasteiger partial charge on any atom is 0.406 e. The van der Waals surface area contributed by atoms with E-state index in [4.69, 9.17) is 0 Å². The molecular weight excluding hydrogens is 503 g/mol. The van der Waals surface area contributed by atoms with Crippen molar-refractivity contribution in [2.45, 2.75) is 31.6 Å². The van der Waals surface area contributed by atoms with Crippen LogP contribution in [-0.2, 0) is 16.4 Å². The van der Waals surface area contributed by atoms with E-state index in [1.807, 2.05) is 18.2 Å². The number of fused-ring (bicyclic) bond motifs is 2. The SMILES string of the molecule is O=S1(=O)CCC(Nc2cccc3c2cc(C#CCNc2ccc4nccnc4c2)n3CC(F)(F)F)CC1. The van der Waals surface area contributed by atoms with E-state index in [1.54, 1.807) is 36.7 Å². The molecule has 3 heterocycles. The average molecular weight is 528 g/mol. The fraction of sp³-hybridized carbons (Fsp3) is 0.308. The molecule has 5 rings (SSSR count). The molecule has 0 amide bonds. The van der Waals surface area contributed by atoms with Crippen LogP contribution in [0.1, 0.15) is 18.5 Å². The lowest BCUT2D eigenvalue weighted by molar-refractivity contribution is -0.140. The number of rotatable bonds is 5. The van der Waals surface area contributed by atoms with Crippen molar-refractivity contribution in [2.75, 3.05) is 28.7 Å². The Morgan fingerprint density at radius 2 is 1.78 bits per heavy atom. The molecule has 11 heteroatoms. The van der Waals surface area contributed by atoms with Gasteiger partial charge in [-0.3, -0.25) is 9.97 Å². The molecule has 0 unspecified atom stereocenters. The van der Waals surface area contributed by atoms with Gasteiger partial charge in [0, 0.05) is 35.2 Å². The first-order valence-electron chi connectivity index (χ1n) is 11.8. The van der Waals surface area contributed by atoms with Gasteiger partial charge >= 0.3 is 6.18 Å². The number of aromatic nitrogens is 3. The van der Waals surface area contributed by atoms with Gasteiger partial charge in [0.2, 0.25) is 0 Å². The van der Waals surface area contributed by atoms with Gasteiger partial charge in [0.15, 0.2) is 0 Å².